The van der Waals surface area contributed by atoms with Gasteiger partial charge in [-0.3, -0.25) is 0 Å². The average molecular weight is 292 g/mol. The molecule has 4 unspecified atom stereocenters. The van der Waals surface area contributed by atoms with Crippen LogP contribution in [0.15, 0.2) is 0 Å². The van der Waals surface area contributed by atoms with Gasteiger partial charge in [0.2, 0.25) is 0 Å². The third kappa shape index (κ3) is 2.94. The van der Waals surface area contributed by atoms with Crippen molar-refractivity contribution in [3.05, 3.63) is 15.6 Å². The van der Waals surface area contributed by atoms with Crippen LogP contribution in [0.4, 0.5) is 0 Å². The largest absolute Gasteiger partial charge is 0.309 e. The first-order valence-corrected chi connectivity index (χ1v) is 9.16. The van der Waals surface area contributed by atoms with Gasteiger partial charge in [-0.15, -0.1) is 11.3 Å². The van der Waals surface area contributed by atoms with Gasteiger partial charge < -0.3 is 5.32 Å². The van der Waals surface area contributed by atoms with Crippen molar-refractivity contribution in [2.75, 3.05) is 6.54 Å². The Morgan fingerprint density at radius 3 is 2.70 bits per heavy atom. The first-order chi connectivity index (χ1) is 9.67. The Balaban J connectivity index is 1.71. The van der Waals surface area contributed by atoms with Crippen molar-refractivity contribution in [3.63, 3.8) is 0 Å². The van der Waals surface area contributed by atoms with Gasteiger partial charge in [0, 0.05) is 10.9 Å². The lowest BCUT2D eigenvalue weighted by atomic mass is 9.84. The maximum Gasteiger partial charge on any atom is 0.0900 e. The van der Waals surface area contributed by atoms with E-state index >= 15 is 0 Å². The summed E-state index contributed by atoms with van der Waals surface area (Å²) in [6.07, 6.45) is 8.56. The second-order valence-corrected chi connectivity index (χ2v) is 8.09. The maximum atomic E-state index is 4.64. The summed E-state index contributed by atoms with van der Waals surface area (Å²) < 4.78 is 0. The van der Waals surface area contributed by atoms with Crippen molar-refractivity contribution >= 4 is 11.3 Å². The standard InChI is InChI=1S/C17H28N2S/c1-4-7-18-16(17-11(2)19-12(3)20-17)10-15-9-13-5-6-14(15)8-13/h13-16,18H,4-10H2,1-3H3. The molecule has 0 saturated heterocycles. The number of nitrogens with one attached hydrogen (secondary N) is 1. The van der Waals surface area contributed by atoms with E-state index < -0.39 is 0 Å². The molecule has 4 atom stereocenters. The van der Waals surface area contributed by atoms with Crippen LogP contribution in [-0.2, 0) is 0 Å². The highest BCUT2D eigenvalue weighted by Crippen LogP contribution is 2.51. The highest BCUT2D eigenvalue weighted by molar-refractivity contribution is 7.11. The summed E-state index contributed by atoms with van der Waals surface area (Å²) in [4.78, 5) is 6.14. The van der Waals surface area contributed by atoms with Crippen LogP contribution in [0, 0.1) is 31.6 Å². The van der Waals surface area contributed by atoms with E-state index in [-0.39, 0.29) is 0 Å². The molecular formula is C17H28N2S. The van der Waals surface area contributed by atoms with E-state index in [1.807, 2.05) is 11.3 Å². The van der Waals surface area contributed by atoms with E-state index in [2.05, 4.69) is 31.1 Å². The first-order valence-electron chi connectivity index (χ1n) is 8.34. The molecule has 20 heavy (non-hydrogen) atoms. The number of rotatable bonds is 6. The SMILES string of the molecule is CCCNC(CC1CC2CCC1C2)c1sc(C)nc1C. The summed E-state index contributed by atoms with van der Waals surface area (Å²) in [5.41, 5.74) is 1.25. The van der Waals surface area contributed by atoms with E-state index in [0.717, 1.165) is 24.3 Å². The Labute approximate surface area is 127 Å². The van der Waals surface area contributed by atoms with Crippen molar-refractivity contribution in [3.8, 4) is 0 Å². The molecule has 112 valence electrons. The summed E-state index contributed by atoms with van der Waals surface area (Å²) in [5.74, 6) is 3.05. The van der Waals surface area contributed by atoms with E-state index in [1.54, 1.807) is 0 Å². The van der Waals surface area contributed by atoms with Crippen molar-refractivity contribution in [1.82, 2.24) is 10.3 Å². The summed E-state index contributed by atoms with van der Waals surface area (Å²) in [7, 11) is 0. The molecule has 1 aromatic rings. The van der Waals surface area contributed by atoms with E-state index in [0.29, 0.717) is 6.04 Å². The van der Waals surface area contributed by atoms with Crippen molar-refractivity contribution in [1.29, 1.82) is 0 Å². The molecule has 0 radical (unpaired) electrons. The predicted molar refractivity (Wildman–Crippen MR) is 86.2 cm³/mol. The fraction of sp³-hybridized carbons (Fsp3) is 0.824. The maximum absolute atomic E-state index is 4.64. The first kappa shape index (κ1) is 14.5. The lowest BCUT2D eigenvalue weighted by Crippen LogP contribution is -2.26. The molecule has 0 amide bonds. The lowest BCUT2D eigenvalue weighted by molar-refractivity contribution is 0.280. The number of aromatic nitrogens is 1. The highest BCUT2D eigenvalue weighted by Gasteiger charge is 2.40. The van der Waals surface area contributed by atoms with E-state index in [9.17, 15) is 0 Å². The van der Waals surface area contributed by atoms with E-state index in [4.69, 9.17) is 0 Å². The summed E-state index contributed by atoms with van der Waals surface area (Å²) in [6.45, 7) is 7.70. The quantitative estimate of drug-likeness (QED) is 0.827. The van der Waals surface area contributed by atoms with Gasteiger partial charge in [0.1, 0.15) is 0 Å². The van der Waals surface area contributed by atoms with E-state index in [1.165, 1.54) is 54.1 Å². The molecule has 1 N–H and O–H groups in total. The Hall–Kier alpha value is -0.410. The minimum Gasteiger partial charge on any atom is -0.309 e. The lowest BCUT2D eigenvalue weighted by Gasteiger charge is -2.27. The molecular weight excluding hydrogens is 264 g/mol. The van der Waals surface area contributed by atoms with Gasteiger partial charge in [0.25, 0.3) is 0 Å². The number of hydrogen-bond acceptors (Lipinski definition) is 3. The molecule has 1 aromatic heterocycles. The fourth-order valence-corrected chi connectivity index (χ4v) is 5.46. The van der Waals surface area contributed by atoms with Crippen molar-refractivity contribution < 1.29 is 0 Å². The van der Waals surface area contributed by atoms with Gasteiger partial charge >= 0.3 is 0 Å². The predicted octanol–water partition coefficient (Wildman–Crippen LogP) is 4.63. The molecule has 2 aliphatic rings. The normalized spacial score (nSPS) is 30.1. The molecule has 0 spiro atoms. The highest BCUT2D eigenvalue weighted by atomic mass is 32.1. The summed E-state index contributed by atoms with van der Waals surface area (Å²) >= 11 is 1.90. The van der Waals surface area contributed by atoms with Gasteiger partial charge in [-0.05, 0) is 70.3 Å². The zero-order valence-corrected chi connectivity index (χ0v) is 13.9. The molecule has 0 aliphatic heterocycles. The van der Waals surface area contributed by atoms with Gasteiger partial charge in [-0.2, -0.15) is 0 Å². The number of hydrogen-bond donors (Lipinski definition) is 1. The Bertz CT molecular complexity index is 454. The van der Waals surface area contributed by atoms with Crippen LogP contribution in [0.3, 0.4) is 0 Å². The zero-order valence-electron chi connectivity index (χ0n) is 13.1. The molecule has 1 heterocycles. The van der Waals surface area contributed by atoms with Crippen LogP contribution in [0.5, 0.6) is 0 Å². The van der Waals surface area contributed by atoms with Crippen LogP contribution in [0.1, 0.15) is 67.1 Å². The second kappa shape index (κ2) is 6.15. The second-order valence-electron chi connectivity index (χ2n) is 6.86. The molecule has 2 fully saturated rings. The monoisotopic (exact) mass is 292 g/mol. The van der Waals surface area contributed by atoms with Crippen molar-refractivity contribution in [2.24, 2.45) is 17.8 Å². The average Bonchev–Trinajstić information content (AvgIpc) is 3.10. The fourth-order valence-electron chi connectivity index (χ4n) is 4.44. The Morgan fingerprint density at radius 2 is 2.15 bits per heavy atom. The topological polar surface area (TPSA) is 24.9 Å². The molecule has 2 saturated carbocycles. The van der Waals surface area contributed by atoms with Crippen LogP contribution >= 0.6 is 11.3 Å². The molecule has 3 heteroatoms. The zero-order chi connectivity index (χ0) is 14.1. The summed E-state index contributed by atoms with van der Waals surface area (Å²) in [5, 5.41) is 5.01. The van der Waals surface area contributed by atoms with Gasteiger partial charge in [0.15, 0.2) is 0 Å². The molecule has 2 bridgehead atoms. The molecule has 3 rings (SSSR count). The Morgan fingerprint density at radius 1 is 1.30 bits per heavy atom. The number of nitrogens with zero attached hydrogens (tertiary/aromatic N) is 1. The molecule has 2 aliphatic carbocycles. The van der Waals surface area contributed by atoms with Crippen LogP contribution < -0.4 is 5.32 Å². The van der Waals surface area contributed by atoms with Crippen LogP contribution in [-0.4, -0.2) is 11.5 Å². The summed E-state index contributed by atoms with van der Waals surface area (Å²) in [6, 6.07) is 0.547. The Kier molecular flexibility index (Phi) is 4.46. The minimum atomic E-state index is 0.547. The third-order valence-electron chi connectivity index (χ3n) is 5.32. The molecule has 2 nitrogen and oxygen atoms in total. The number of fused-ring (bicyclic) bond motifs is 2. The van der Waals surface area contributed by atoms with Crippen LogP contribution in [0.2, 0.25) is 0 Å². The van der Waals surface area contributed by atoms with Crippen molar-refractivity contribution in [2.45, 2.75) is 65.3 Å². The van der Waals surface area contributed by atoms with Gasteiger partial charge in [-0.1, -0.05) is 13.3 Å². The van der Waals surface area contributed by atoms with Gasteiger partial charge in [0.05, 0.1) is 10.7 Å². The smallest absolute Gasteiger partial charge is 0.0900 e. The number of thiazole rings is 1. The third-order valence-corrected chi connectivity index (χ3v) is 6.51. The number of aryl methyl sites for hydroxylation is 2. The van der Waals surface area contributed by atoms with Gasteiger partial charge in [-0.25, -0.2) is 4.98 Å². The molecule has 0 aromatic carbocycles. The minimum absolute atomic E-state index is 0.547. The van der Waals surface area contributed by atoms with Crippen LogP contribution in [0.25, 0.3) is 0 Å².